The summed E-state index contributed by atoms with van der Waals surface area (Å²) in [7, 11) is 0. The summed E-state index contributed by atoms with van der Waals surface area (Å²) in [6, 6.07) is 26.0. The molecule has 4 aliphatic carbocycles. The lowest BCUT2D eigenvalue weighted by Gasteiger charge is -2.43. The number of benzene rings is 3. The van der Waals surface area contributed by atoms with Crippen LogP contribution in [0.15, 0.2) is 122 Å². The molecule has 1 N–H and O–H groups in total. The van der Waals surface area contributed by atoms with Crippen molar-refractivity contribution < 1.29 is 0 Å². The van der Waals surface area contributed by atoms with Crippen molar-refractivity contribution in [3.63, 3.8) is 0 Å². The molecule has 0 amide bonds. The first-order valence-electron chi connectivity index (χ1n) is 19.3. The van der Waals surface area contributed by atoms with Gasteiger partial charge in [0.1, 0.15) is 0 Å². The van der Waals surface area contributed by atoms with Crippen molar-refractivity contribution >= 4 is 17.1 Å². The van der Waals surface area contributed by atoms with Gasteiger partial charge in [-0.25, -0.2) is 0 Å². The molecule has 0 bridgehead atoms. The first-order chi connectivity index (χ1) is 24.3. The molecule has 3 heterocycles. The maximum atomic E-state index is 3.48. The van der Waals surface area contributed by atoms with Crippen LogP contribution < -0.4 is 15.1 Å². The highest BCUT2D eigenvalue weighted by atomic mass is 15.2. The van der Waals surface area contributed by atoms with Gasteiger partial charge in [-0.15, -0.1) is 0 Å². The minimum absolute atomic E-state index is 0.388. The zero-order chi connectivity index (χ0) is 32.3. The van der Waals surface area contributed by atoms with Gasteiger partial charge in [0.2, 0.25) is 0 Å². The van der Waals surface area contributed by atoms with E-state index in [-0.39, 0.29) is 0 Å². The fraction of sp³-hybridized carbons (Fsp3) is 0.391. The monoisotopic (exact) mass is 643 g/mol. The van der Waals surface area contributed by atoms with Crippen LogP contribution in [0, 0.1) is 11.8 Å². The van der Waals surface area contributed by atoms with Crippen LogP contribution in [0.5, 0.6) is 0 Å². The van der Waals surface area contributed by atoms with E-state index < -0.39 is 0 Å². The summed E-state index contributed by atoms with van der Waals surface area (Å²) in [5, 5.41) is 3.48. The van der Waals surface area contributed by atoms with Crippen molar-refractivity contribution in [2.75, 3.05) is 16.3 Å². The van der Waals surface area contributed by atoms with Crippen molar-refractivity contribution in [2.24, 2.45) is 11.8 Å². The third-order valence-electron chi connectivity index (χ3n) is 13.2. The van der Waals surface area contributed by atoms with E-state index in [4.69, 9.17) is 0 Å². The molecule has 8 unspecified atom stereocenters. The third-order valence-corrected chi connectivity index (χ3v) is 13.2. The van der Waals surface area contributed by atoms with E-state index in [1.807, 2.05) is 0 Å². The van der Waals surface area contributed by atoms with Crippen LogP contribution in [0.2, 0.25) is 0 Å². The standard InChI is InChI=1S/C46H49N3/c1-2-9-31(10-3-1)32-17-21-37(22-18-32)48-43-15-6-4-13-39(43)41-28-34(19-23-45(41)48)35-20-24-46-42(29-35)40-14-5-7-16-44(40)49(46)38-12-8-11-33(27-38)36-25-26-47-30-36/h1-3,5-6,9,14-15,17-26,28-29,31,33,36,38-40,43-44,47H,4,7-8,10-13,16,27,30H2. The summed E-state index contributed by atoms with van der Waals surface area (Å²) in [6.07, 6.45) is 34.9. The second-order valence-electron chi connectivity index (χ2n) is 15.8. The van der Waals surface area contributed by atoms with E-state index in [9.17, 15) is 0 Å². The molecule has 0 spiro atoms. The predicted octanol–water partition coefficient (Wildman–Crippen LogP) is 10.8. The number of allylic oxidation sites excluding steroid dienone is 6. The van der Waals surface area contributed by atoms with E-state index >= 15 is 0 Å². The molecular weight excluding hydrogens is 595 g/mol. The van der Waals surface area contributed by atoms with Crippen LogP contribution in [0.4, 0.5) is 17.1 Å². The maximum absolute atomic E-state index is 3.48. The van der Waals surface area contributed by atoms with Crippen LogP contribution in [-0.4, -0.2) is 24.7 Å². The number of rotatable bonds is 5. The van der Waals surface area contributed by atoms with Gasteiger partial charge in [-0.05, 0) is 134 Å². The van der Waals surface area contributed by atoms with Gasteiger partial charge in [0.05, 0.1) is 6.04 Å². The van der Waals surface area contributed by atoms with Gasteiger partial charge in [-0.2, -0.15) is 0 Å². The average Bonchev–Trinajstić information content (AvgIpc) is 3.91. The van der Waals surface area contributed by atoms with E-state index in [1.165, 1.54) is 90.7 Å². The average molecular weight is 644 g/mol. The second-order valence-corrected chi connectivity index (χ2v) is 15.8. The molecule has 1 fully saturated rings. The summed E-state index contributed by atoms with van der Waals surface area (Å²) in [4.78, 5) is 5.53. The van der Waals surface area contributed by atoms with Gasteiger partial charge in [0.25, 0.3) is 0 Å². The Bertz CT molecular complexity index is 1880. The Balaban J connectivity index is 0.968. The highest BCUT2D eigenvalue weighted by molar-refractivity contribution is 5.80. The summed E-state index contributed by atoms with van der Waals surface area (Å²) >= 11 is 0. The molecule has 0 aromatic heterocycles. The lowest BCUT2D eigenvalue weighted by atomic mass is 9.77. The zero-order valence-corrected chi connectivity index (χ0v) is 28.6. The fourth-order valence-electron chi connectivity index (χ4n) is 10.8. The molecule has 0 saturated heterocycles. The van der Waals surface area contributed by atoms with Gasteiger partial charge >= 0.3 is 0 Å². The van der Waals surface area contributed by atoms with Gasteiger partial charge in [0, 0.05) is 53.4 Å². The molecule has 10 rings (SSSR count). The second kappa shape index (κ2) is 12.3. The Kier molecular flexibility index (Phi) is 7.42. The zero-order valence-electron chi connectivity index (χ0n) is 28.6. The quantitative estimate of drug-likeness (QED) is 0.279. The minimum atomic E-state index is 0.388. The SMILES string of the molecule is C1=CCC(c2ccc(N3c4ccc(-c5ccc6c(c5)C5C=CCCC5N6C5CCCC(C6C=CNC6)C5)cc4C4CCC=CC43)cc2)C=C1. The van der Waals surface area contributed by atoms with Crippen molar-refractivity contribution in [1.29, 1.82) is 0 Å². The van der Waals surface area contributed by atoms with Gasteiger partial charge in [0.15, 0.2) is 0 Å². The largest absolute Gasteiger partial charge is 0.391 e. The highest BCUT2D eigenvalue weighted by Crippen LogP contribution is 2.53. The molecule has 3 nitrogen and oxygen atoms in total. The van der Waals surface area contributed by atoms with Gasteiger partial charge in [-0.3, -0.25) is 0 Å². The molecule has 3 aromatic carbocycles. The number of nitrogens with one attached hydrogen (secondary N) is 1. The lowest BCUT2D eigenvalue weighted by Crippen LogP contribution is -2.45. The number of hydrogen-bond donors (Lipinski definition) is 1. The summed E-state index contributed by atoms with van der Waals surface area (Å²) < 4.78 is 0. The maximum Gasteiger partial charge on any atom is 0.0591 e. The number of fused-ring (bicyclic) bond motifs is 6. The van der Waals surface area contributed by atoms with E-state index in [2.05, 4.69) is 137 Å². The van der Waals surface area contributed by atoms with E-state index in [0.717, 1.165) is 18.9 Å². The first kappa shape index (κ1) is 29.7. The Morgan fingerprint density at radius 1 is 0.694 bits per heavy atom. The molecule has 0 radical (unpaired) electrons. The summed E-state index contributed by atoms with van der Waals surface area (Å²) in [5.41, 5.74) is 11.5. The molecule has 7 aliphatic rings. The minimum Gasteiger partial charge on any atom is -0.391 e. The topological polar surface area (TPSA) is 18.5 Å². The Morgan fingerprint density at radius 3 is 2.37 bits per heavy atom. The Hall–Kier alpha value is -4.24. The molecule has 248 valence electrons. The van der Waals surface area contributed by atoms with Crippen LogP contribution in [0.3, 0.4) is 0 Å². The van der Waals surface area contributed by atoms with Crippen LogP contribution in [0.25, 0.3) is 11.1 Å². The molecule has 49 heavy (non-hydrogen) atoms. The van der Waals surface area contributed by atoms with Crippen LogP contribution in [0.1, 0.15) is 92.2 Å². The molecule has 3 aromatic rings. The van der Waals surface area contributed by atoms with Crippen molar-refractivity contribution in [3.05, 3.63) is 138 Å². The predicted molar refractivity (Wildman–Crippen MR) is 205 cm³/mol. The Labute approximate surface area is 292 Å². The number of anilines is 3. The third kappa shape index (κ3) is 5.06. The first-order valence-corrected chi connectivity index (χ1v) is 19.3. The van der Waals surface area contributed by atoms with Crippen LogP contribution >= 0.6 is 0 Å². The highest BCUT2D eigenvalue weighted by Gasteiger charge is 2.44. The molecule has 3 aliphatic heterocycles. The summed E-state index contributed by atoms with van der Waals surface area (Å²) in [6.45, 7) is 1.13. The molecule has 1 saturated carbocycles. The van der Waals surface area contributed by atoms with E-state index in [0.29, 0.717) is 41.8 Å². The van der Waals surface area contributed by atoms with Crippen molar-refractivity contribution in [3.8, 4) is 11.1 Å². The van der Waals surface area contributed by atoms with Crippen molar-refractivity contribution in [2.45, 2.75) is 93.7 Å². The van der Waals surface area contributed by atoms with E-state index in [1.54, 1.807) is 5.56 Å². The molecule has 3 heteroatoms. The molecular formula is C46H49N3. The lowest BCUT2D eigenvalue weighted by molar-refractivity contribution is 0.250. The number of hydrogen-bond acceptors (Lipinski definition) is 3. The van der Waals surface area contributed by atoms with Crippen LogP contribution in [-0.2, 0) is 0 Å². The summed E-state index contributed by atoms with van der Waals surface area (Å²) in [5.74, 6) is 3.05. The smallest absolute Gasteiger partial charge is 0.0591 e. The van der Waals surface area contributed by atoms with Crippen molar-refractivity contribution in [1.82, 2.24) is 5.32 Å². The Morgan fingerprint density at radius 2 is 1.53 bits per heavy atom. The van der Waals surface area contributed by atoms with Gasteiger partial charge < -0.3 is 15.1 Å². The fourth-order valence-corrected chi connectivity index (χ4v) is 10.8. The van der Waals surface area contributed by atoms with Gasteiger partial charge in [-0.1, -0.05) is 85.4 Å². The number of nitrogens with zero attached hydrogens (tertiary/aromatic N) is 2. The normalized spacial score (nSPS) is 32.2. The molecule has 8 atom stereocenters.